The molecule has 1 aliphatic rings. The first kappa shape index (κ1) is 17.5. The van der Waals surface area contributed by atoms with E-state index in [9.17, 15) is 4.79 Å². The number of aryl methyl sites for hydroxylation is 1. The monoisotopic (exact) mass is 365 g/mol. The largest absolute Gasteiger partial charge is 0.378 e. The molecule has 1 aromatic carbocycles. The molecular formula is C20H23N5O2. The van der Waals surface area contributed by atoms with Crippen molar-refractivity contribution in [2.75, 3.05) is 31.2 Å². The van der Waals surface area contributed by atoms with Gasteiger partial charge in [0.1, 0.15) is 11.6 Å². The molecule has 1 saturated heterocycles. The second kappa shape index (κ2) is 7.75. The Kier molecular flexibility index (Phi) is 5.02. The van der Waals surface area contributed by atoms with Crippen LogP contribution in [0.2, 0.25) is 0 Å². The minimum atomic E-state index is -0.140. The second-order valence-corrected chi connectivity index (χ2v) is 6.42. The number of amides is 1. The number of fused-ring (bicyclic) bond motifs is 1. The highest BCUT2D eigenvalue weighted by atomic mass is 16.5. The Labute approximate surface area is 158 Å². The molecule has 0 spiro atoms. The summed E-state index contributed by atoms with van der Waals surface area (Å²) in [6.45, 7) is 6.04. The normalized spacial score (nSPS) is 14.5. The van der Waals surface area contributed by atoms with Crippen LogP contribution in [0.15, 0.2) is 42.6 Å². The molecule has 2 aromatic heterocycles. The SMILES string of the molecule is CCn1c(CNC(=O)c2cccnc2N2CCOCC2)nc2ccccc21. The van der Waals surface area contributed by atoms with E-state index in [1.165, 1.54) is 0 Å². The van der Waals surface area contributed by atoms with Gasteiger partial charge in [-0.05, 0) is 31.2 Å². The van der Waals surface area contributed by atoms with E-state index in [1.807, 2.05) is 24.3 Å². The average molecular weight is 365 g/mol. The maximum atomic E-state index is 12.9. The van der Waals surface area contributed by atoms with Crippen LogP contribution in [-0.2, 0) is 17.8 Å². The van der Waals surface area contributed by atoms with Crippen LogP contribution in [0, 0.1) is 0 Å². The lowest BCUT2D eigenvalue weighted by Crippen LogP contribution is -2.38. The Morgan fingerprint density at radius 2 is 2.00 bits per heavy atom. The maximum absolute atomic E-state index is 12.9. The highest BCUT2D eigenvalue weighted by Gasteiger charge is 2.20. The molecule has 0 unspecified atom stereocenters. The van der Waals surface area contributed by atoms with Gasteiger partial charge in [0.2, 0.25) is 0 Å². The Bertz CT molecular complexity index is 946. The summed E-state index contributed by atoms with van der Waals surface area (Å²) in [6.07, 6.45) is 1.72. The van der Waals surface area contributed by atoms with Gasteiger partial charge in [0.05, 0.1) is 36.4 Å². The number of carbonyl (C=O) groups excluding carboxylic acids is 1. The fourth-order valence-electron chi connectivity index (χ4n) is 3.47. The van der Waals surface area contributed by atoms with Crippen LogP contribution in [0.1, 0.15) is 23.1 Å². The van der Waals surface area contributed by atoms with Crippen molar-refractivity contribution in [1.29, 1.82) is 0 Å². The van der Waals surface area contributed by atoms with Crippen molar-refractivity contribution in [3.8, 4) is 0 Å². The van der Waals surface area contributed by atoms with E-state index in [0.717, 1.165) is 36.5 Å². The summed E-state index contributed by atoms with van der Waals surface area (Å²) < 4.78 is 7.53. The van der Waals surface area contributed by atoms with Crippen molar-refractivity contribution in [3.05, 3.63) is 54.0 Å². The average Bonchev–Trinajstić information content (AvgIpc) is 3.10. The number of para-hydroxylation sites is 2. The van der Waals surface area contributed by atoms with Crippen LogP contribution in [0.4, 0.5) is 5.82 Å². The van der Waals surface area contributed by atoms with Crippen LogP contribution < -0.4 is 10.2 Å². The number of imidazole rings is 1. The van der Waals surface area contributed by atoms with Crippen molar-refractivity contribution >= 4 is 22.8 Å². The Hall–Kier alpha value is -2.93. The molecule has 0 aliphatic carbocycles. The zero-order chi connectivity index (χ0) is 18.6. The summed E-state index contributed by atoms with van der Waals surface area (Å²) in [5.41, 5.74) is 2.61. The summed E-state index contributed by atoms with van der Waals surface area (Å²) in [7, 11) is 0. The fraction of sp³-hybridized carbons (Fsp3) is 0.350. The van der Waals surface area contributed by atoms with E-state index in [4.69, 9.17) is 4.74 Å². The fourth-order valence-corrected chi connectivity index (χ4v) is 3.47. The topological polar surface area (TPSA) is 72.3 Å². The zero-order valence-corrected chi connectivity index (χ0v) is 15.4. The first-order valence-corrected chi connectivity index (χ1v) is 9.28. The molecule has 1 fully saturated rings. The van der Waals surface area contributed by atoms with Crippen LogP contribution in [0.25, 0.3) is 11.0 Å². The number of hydrogen-bond donors (Lipinski definition) is 1. The van der Waals surface area contributed by atoms with E-state index >= 15 is 0 Å². The van der Waals surface area contributed by atoms with Crippen molar-refractivity contribution in [2.24, 2.45) is 0 Å². The smallest absolute Gasteiger partial charge is 0.255 e. The molecule has 0 bridgehead atoms. The first-order valence-electron chi connectivity index (χ1n) is 9.28. The molecule has 0 radical (unpaired) electrons. The molecule has 27 heavy (non-hydrogen) atoms. The van der Waals surface area contributed by atoms with Crippen molar-refractivity contribution < 1.29 is 9.53 Å². The predicted molar refractivity (Wildman–Crippen MR) is 104 cm³/mol. The number of anilines is 1. The molecule has 0 saturated carbocycles. The molecule has 140 valence electrons. The quantitative estimate of drug-likeness (QED) is 0.751. The molecule has 7 nitrogen and oxygen atoms in total. The predicted octanol–water partition coefficient (Wildman–Crippen LogP) is 2.22. The number of ether oxygens (including phenoxy) is 1. The molecule has 0 atom stereocenters. The van der Waals surface area contributed by atoms with Crippen LogP contribution in [-0.4, -0.2) is 46.7 Å². The van der Waals surface area contributed by atoms with E-state index in [2.05, 4.69) is 37.7 Å². The molecule has 1 amide bonds. The number of carbonyl (C=O) groups is 1. The van der Waals surface area contributed by atoms with Gasteiger partial charge in [0, 0.05) is 25.8 Å². The van der Waals surface area contributed by atoms with Crippen molar-refractivity contribution in [3.63, 3.8) is 0 Å². The minimum Gasteiger partial charge on any atom is -0.378 e. The maximum Gasteiger partial charge on any atom is 0.255 e. The number of nitrogens with zero attached hydrogens (tertiary/aromatic N) is 4. The lowest BCUT2D eigenvalue weighted by Gasteiger charge is -2.29. The molecular weight excluding hydrogens is 342 g/mol. The lowest BCUT2D eigenvalue weighted by atomic mass is 10.2. The standard InChI is InChI=1S/C20H23N5O2/c1-2-25-17-8-4-3-7-16(17)23-18(25)14-22-20(26)15-6-5-9-21-19(15)24-10-12-27-13-11-24/h3-9H,2,10-14H2,1H3,(H,22,26). The minimum absolute atomic E-state index is 0.140. The number of nitrogens with one attached hydrogen (secondary N) is 1. The van der Waals surface area contributed by atoms with E-state index < -0.39 is 0 Å². The first-order chi connectivity index (χ1) is 13.3. The van der Waals surface area contributed by atoms with Crippen molar-refractivity contribution in [1.82, 2.24) is 19.9 Å². The van der Waals surface area contributed by atoms with Crippen molar-refractivity contribution in [2.45, 2.75) is 20.0 Å². The van der Waals surface area contributed by atoms with Gasteiger partial charge in [0.25, 0.3) is 5.91 Å². The third-order valence-electron chi connectivity index (χ3n) is 4.80. The van der Waals surface area contributed by atoms with Gasteiger partial charge >= 0.3 is 0 Å². The van der Waals surface area contributed by atoms with Crippen LogP contribution in [0.3, 0.4) is 0 Å². The molecule has 1 N–H and O–H groups in total. The number of morpholine rings is 1. The summed E-state index contributed by atoms with van der Waals surface area (Å²) in [4.78, 5) is 24.0. The second-order valence-electron chi connectivity index (χ2n) is 6.42. The summed E-state index contributed by atoms with van der Waals surface area (Å²) in [5, 5.41) is 3.01. The highest BCUT2D eigenvalue weighted by molar-refractivity contribution is 5.98. The Balaban J connectivity index is 1.54. The van der Waals surface area contributed by atoms with Gasteiger partial charge in [0.15, 0.2) is 0 Å². The lowest BCUT2D eigenvalue weighted by molar-refractivity contribution is 0.0947. The van der Waals surface area contributed by atoms with Gasteiger partial charge in [-0.3, -0.25) is 4.79 Å². The molecule has 4 rings (SSSR count). The Morgan fingerprint density at radius 3 is 2.81 bits per heavy atom. The molecule has 3 aromatic rings. The van der Waals surface area contributed by atoms with Crippen LogP contribution in [0.5, 0.6) is 0 Å². The number of benzene rings is 1. The van der Waals surface area contributed by atoms with Gasteiger partial charge < -0.3 is 19.5 Å². The van der Waals surface area contributed by atoms with E-state index in [0.29, 0.717) is 31.1 Å². The summed E-state index contributed by atoms with van der Waals surface area (Å²) >= 11 is 0. The highest BCUT2D eigenvalue weighted by Crippen LogP contribution is 2.19. The number of hydrogen-bond acceptors (Lipinski definition) is 5. The zero-order valence-electron chi connectivity index (χ0n) is 15.4. The van der Waals surface area contributed by atoms with Gasteiger partial charge in [-0.1, -0.05) is 12.1 Å². The number of pyridine rings is 1. The Morgan fingerprint density at radius 1 is 1.19 bits per heavy atom. The van der Waals surface area contributed by atoms with E-state index in [-0.39, 0.29) is 5.91 Å². The van der Waals surface area contributed by atoms with E-state index in [1.54, 1.807) is 12.3 Å². The third kappa shape index (κ3) is 3.50. The molecule has 3 heterocycles. The molecule has 7 heteroatoms. The third-order valence-corrected chi connectivity index (χ3v) is 4.80. The van der Waals surface area contributed by atoms with Gasteiger partial charge in [-0.2, -0.15) is 0 Å². The van der Waals surface area contributed by atoms with Gasteiger partial charge in [-0.15, -0.1) is 0 Å². The summed E-state index contributed by atoms with van der Waals surface area (Å²) in [5.74, 6) is 1.42. The van der Waals surface area contributed by atoms with Gasteiger partial charge in [-0.25, -0.2) is 9.97 Å². The molecule has 1 aliphatic heterocycles. The number of aromatic nitrogens is 3. The summed E-state index contributed by atoms with van der Waals surface area (Å²) in [6, 6.07) is 11.6. The number of rotatable bonds is 5. The van der Waals surface area contributed by atoms with Crippen LogP contribution >= 0.6 is 0 Å².